The Bertz CT molecular complexity index is 2140. The van der Waals surface area contributed by atoms with Crippen LogP contribution >= 0.6 is 0 Å². The molecule has 7 aromatic rings. The number of aryl methyl sites for hydroxylation is 1. The Labute approximate surface area is 247 Å². The van der Waals surface area contributed by atoms with Gasteiger partial charge in [0.25, 0.3) is 0 Å². The fraction of sp³-hybridized carbons (Fsp3) is 0.0952. The molecule has 200 valence electrons. The first-order valence-electron chi connectivity index (χ1n) is 14.9. The largest absolute Gasteiger partial charge is 0.0622 e. The second kappa shape index (κ2) is 9.29. The van der Waals surface area contributed by atoms with Gasteiger partial charge in [-0.3, -0.25) is 0 Å². The highest BCUT2D eigenvalue weighted by atomic mass is 14.4. The lowest BCUT2D eigenvalue weighted by Gasteiger charge is -2.24. The quantitative estimate of drug-likeness (QED) is 0.197. The molecule has 0 N–H and O–H groups in total. The van der Waals surface area contributed by atoms with Gasteiger partial charge in [-0.05, 0) is 96.2 Å². The van der Waals surface area contributed by atoms with Crippen molar-refractivity contribution in [2.24, 2.45) is 0 Å². The summed E-state index contributed by atoms with van der Waals surface area (Å²) in [6.45, 7) is 6.92. The van der Waals surface area contributed by atoms with Gasteiger partial charge in [0.15, 0.2) is 0 Å². The van der Waals surface area contributed by atoms with Crippen LogP contribution in [0.2, 0.25) is 0 Å². The molecule has 42 heavy (non-hydrogen) atoms. The molecule has 0 amide bonds. The van der Waals surface area contributed by atoms with Crippen molar-refractivity contribution < 1.29 is 0 Å². The fourth-order valence-electron chi connectivity index (χ4n) is 7.26. The van der Waals surface area contributed by atoms with Crippen molar-refractivity contribution in [2.75, 3.05) is 0 Å². The summed E-state index contributed by atoms with van der Waals surface area (Å²) in [7, 11) is 0. The van der Waals surface area contributed by atoms with Crippen molar-refractivity contribution >= 4 is 21.5 Å². The van der Waals surface area contributed by atoms with Gasteiger partial charge in [0.2, 0.25) is 0 Å². The maximum Gasteiger partial charge on any atom is 0.0159 e. The molecule has 0 heterocycles. The van der Waals surface area contributed by atoms with E-state index in [1.54, 1.807) is 0 Å². The summed E-state index contributed by atoms with van der Waals surface area (Å²) in [5, 5.41) is 5.20. The van der Waals surface area contributed by atoms with Crippen LogP contribution in [0.3, 0.4) is 0 Å². The highest BCUT2D eigenvalue weighted by Crippen LogP contribution is 2.53. The van der Waals surface area contributed by atoms with Crippen LogP contribution in [0.25, 0.3) is 66.1 Å². The number of rotatable bonds is 3. The summed E-state index contributed by atoms with van der Waals surface area (Å²) in [6, 6.07) is 51.8. The Kier molecular flexibility index (Phi) is 5.49. The number of benzene rings is 7. The van der Waals surface area contributed by atoms with E-state index in [9.17, 15) is 0 Å². The first-order chi connectivity index (χ1) is 20.5. The molecule has 0 aliphatic heterocycles. The molecule has 0 unspecified atom stereocenters. The minimum atomic E-state index is -0.0774. The molecule has 1 aliphatic carbocycles. The van der Waals surface area contributed by atoms with Crippen LogP contribution in [0.15, 0.2) is 140 Å². The van der Waals surface area contributed by atoms with Crippen molar-refractivity contribution in [2.45, 2.75) is 26.2 Å². The Hall–Kier alpha value is -4.94. The highest BCUT2D eigenvalue weighted by Gasteiger charge is 2.36. The fourth-order valence-corrected chi connectivity index (χ4v) is 7.26. The van der Waals surface area contributed by atoms with Crippen molar-refractivity contribution in [3.63, 3.8) is 0 Å². The molecule has 7 aromatic carbocycles. The van der Waals surface area contributed by atoms with Crippen LogP contribution in [0.1, 0.15) is 30.5 Å². The van der Waals surface area contributed by atoms with Gasteiger partial charge in [-0.15, -0.1) is 0 Å². The van der Waals surface area contributed by atoms with Gasteiger partial charge in [-0.1, -0.05) is 147 Å². The molecule has 0 nitrogen and oxygen atoms in total. The van der Waals surface area contributed by atoms with Gasteiger partial charge in [0.05, 0.1) is 0 Å². The van der Waals surface area contributed by atoms with E-state index in [4.69, 9.17) is 0 Å². The molecule has 0 radical (unpaired) electrons. The van der Waals surface area contributed by atoms with E-state index in [-0.39, 0.29) is 5.41 Å². The monoisotopic (exact) mass is 536 g/mol. The van der Waals surface area contributed by atoms with Crippen LogP contribution in [-0.2, 0) is 5.41 Å². The minimum Gasteiger partial charge on any atom is -0.0622 e. The van der Waals surface area contributed by atoms with E-state index >= 15 is 0 Å². The third kappa shape index (κ3) is 3.62. The van der Waals surface area contributed by atoms with Gasteiger partial charge in [-0.2, -0.15) is 0 Å². The van der Waals surface area contributed by atoms with Crippen molar-refractivity contribution in [1.82, 2.24) is 0 Å². The normalized spacial score (nSPS) is 13.3. The molecule has 1 aliphatic rings. The van der Waals surface area contributed by atoms with Crippen LogP contribution in [0.5, 0.6) is 0 Å². The predicted molar refractivity (Wildman–Crippen MR) is 180 cm³/mol. The average molecular weight is 537 g/mol. The average Bonchev–Trinajstić information content (AvgIpc) is 3.25. The van der Waals surface area contributed by atoms with Gasteiger partial charge in [0.1, 0.15) is 0 Å². The summed E-state index contributed by atoms with van der Waals surface area (Å²) < 4.78 is 0. The van der Waals surface area contributed by atoms with Crippen molar-refractivity contribution in [3.05, 3.63) is 156 Å². The molecule has 0 saturated heterocycles. The highest BCUT2D eigenvalue weighted by molar-refractivity contribution is 6.23. The first-order valence-corrected chi connectivity index (χ1v) is 14.9. The summed E-state index contributed by atoms with van der Waals surface area (Å²) >= 11 is 0. The molecule has 0 atom stereocenters. The molecule has 0 spiro atoms. The van der Waals surface area contributed by atoms with Crippen molar-refractivity contribution in [3.8, 4) is 44.5 Å². The third-order valence-electron chi connectivity index (χ3n) is 9.35. The second-order valence-electron chi connectivity index (χ2n) is 12.2. The smallest absolute Gasteiger partial charge is 0.0159 e. The summed E-state index contributed by atoms with van der Waals surface area (Å²) in [5.41, 5.74) is 14.4. The molecule has 8 rings (SSSR count). The minimum absolute atomic E-state index is 0.0774. The summed E-state index contributed by atoms with van der Waals surface area (Å²) in [4.78, 5) is 0. The van der Waals surface area contributed by atoms with Crippen LogP contribution in [-0.4, -0.2) is 0 Å². The van der Waals surface area contributed by atoms with E-state index in [2.05, 4.69) is 160 Å². The first kappa shape index (κ1) is 24.8. The Balaban J connectivity index is 1.58. The molecular weight excluding hydrogens is 504 g/mol. The lowest BCUT2D eigenvalue weighted by atomic mass is 9.79. The molecule has 0 heteroatoms. The van der Waals surface area contributed by atoms with Gasteiger partial charge in [0, 0.05) is 5.41 Å². The van der Waals surface area contributed by atoms with E-state index in [0.717, 1.165) is 0 Å². The maximum atomic E-state index is 2.52. The van der Waals surface area contributed by atoms with E-state index in [1.165, 1.54) is 82.7 Å². The lowest BCUT2D eigenvalue weighted by Crippen LogP contribution is -2.14. The zero-order valence-corrected chi connectivity index (χ0v) is 24.3. The molecule has 0 fully saturated rings. The number of hydrogen-bond donors (Lipinski definition) is 0. The zero-order valence-electron chi connectivity index (χ0n) is 24.3. The Morgan fingerprint density at radius 1 is 0.381 bits per heavy atom. The van der Waals surface area contributed by atoms with Gasteiger partial charge < -0.3 is 0 Å². The van der Waals surface area contributed by atoms with Gasteiger partial charge >= 0.3 is 0 Å². The Morgan fingerprint density at radius 2 is 0.952 bits per heavy atom. The summed E-state index contributed by atoms with van der Waals surface area (Å²) in [5.74, 6) is 0. The SMILES string of the molecule is Cc1ccc(-c2c3ccccc3c(-c3ccccc3-c3ccccc3)c3cc4c(cc23)-c2ccccc2C4(C)C)cc1. The topological polar surface area (TPSA) is 0 Å². The second-order valence-corrected chi connectivity index (χ2v) is 12.2. The van der Waals surface area contributed by atoms with Crippen LogP contribution in [0, 0.1) is 6.92 Å². The number of hydrogen-bond acceptors (Lipinski definition) is 0. The van der Waals surface area contributed by atoms with E-state index in [1.807, 2.05) is 0 Å². The van der Waals surface area contributed by atoms with Crippen LogP contribution in [0.4, 0.5) is 0 Å². The summed E-state index contributed by atoms with van der Waals surface area (Å²) in [6.07, 6.45) is 0. The van der Waals surface area contributed by atoms with E-state index in [0.29, 0.717) is 0 Å². The van der Waals surface area contributed by atoms with Crippen molar-refractivity contribution in [1.29, 1.82) is 0 Å². The van der Waals surface area contributed by atoms with Gasteiger partial charge in [-0.25, -0.2) is 0 Å². The van der Waals surface area contributed by atoms with E-state index < -0.39 is 0 Å². The third-order valence-corrected chi connectivity index (χ3v) is 9.35. The maximum absolute atomic E-state index is 2.52. The Morgan fingerprint density at radius 3 is 1.69 bits per heavy atom. The molecule has 0 saturated carbocycles. The predicted octanol–water partition coefficient (Wildman–Crippen LogP) is 11.6. The zero-order chi connectivity index (χ0) is 28.4. The lowest BCUT2D eigenvalue weighted by molar-refractivity contribution is 0.661. The molecule has 0 bridgehead atoms. The molecular formula is C42H32. The van der Waals surface area contributed by atoms with Crippen LogP contribution < -0.4 is 0 Å². The molecule has 0 aromatic heterocycles. The number of fused-ring (bicyclic) bond motifs is 5. The standard InChI is InChI=1S/C42H32/c1-27-21-23-29(24-22-27)40-33-18-9-10-19-34(33)41(32-17-8-7-15-30(32)28-13-5-4-6-14-28)37-26-39-35(25-36(37)40)31-16-11-12-20-38(31)42(39,2)3/h4-26H,1-3H3.